The molecule has 0 aromatic heterocycles. The Hall–Kier alpha value is 1.95. The Labute approximate surface area is 131 Å². The summed E-state index contributed by atoms with van der Waals surface area (Å²) in [5.74, 6) is 0. The second kappa shape index (κ2) is 12.4. The van der Waals surface area contributed by atoms with Gasteiger partial charge in [-0.2, -0.15) is 0 Å². The monoisotopic (exact) mass is 263 g/mol. The van der Waals surface area contributed by atoms with Crippen LogP contribution in [-0.2, 0) is 4.57 Å². The van der Waals surface area contributed by atoms with Crippen LogP contribution in [0.4, 0.5) is 0 Å². The van der Waals surface area contributed by atoms with Gasteiger partial charge in [-0.15, -0.1) is 0 Å². The molecule has 0 aliphatic carbocycles. The molecular formula is C4H12NNa2O7P. The molecule has 0 atom stereocenters. The van der Waals surface area contributed by atoms with Gasteiger partial charge in [0.1, 0.15) is 0 Å². The molecule has 0 radical (unpaired) electrons. The third-order valence-electron chi connectivity index (χ3n) is 0.945. The SMILES string of the molecule is NC(CO)(CO)CO.O=P([O-])([O-])O.[Na+].[Na+]. The van der Waals surface area contributed by atoms with Crippen LogP contribution in [0.3, 0.4) is 0 Å². The average Bonchev–Trinajstić information content (AvgIpc) is 2.00. The van der Waals surface area contributed by atoms with Gasteiger partial charge in [-0.3, -0.25) is 0 Å². The van der Waals surface area contributed by atoms with Crippen LogP contribution >= 0.6 is 7.82 Å². The van der Waals surface area contributed by atoms with Gasteiger partial charge in [-0.25, -0.2) is 0 Å². The fourth-order valence-corrected chi connectivity index (χ4v) is 0.150. The summed E-state index contributed by atoms with van der Waals surface area (Å²) in [5.41, 5.74) is 3.94. The van der Waals surface area contributed by atoms with Crippen molar-refractivity contribution in [2.24, 2.45) is 5.73 Å². The molecule has 0 unspecified atom stereocenters. The van der Waals surface area contributed by atoms with E-state index in [9.17, 15) is 0 Å². The van der Waals surface area contributed by atoms with Crippen LogP contribution in [-0.4, -0.2) is 45.6 Å². The molecule has 6 N–H and O–H groups in total. The van der Waals surface area contributed by atoms with Crippen LogP contribution in [0.15, 0.2) is 0 Å². The zero-order valence-corrected chi connectivity index (χ0v) is 13.6. The third kappa shape index (κ3) is 25.9. The molecule has 0 saturated carbocycles. The summed E-state index contributed by atoms with van der Waals surface area (Å²) in [6.07, 6.45) is 0. The number of aliphatic hydroxyl groups is 3. The van der Waals surface area contributed by atoms with E-state index < -0.39 is 33.2 Å². The Balaban J connectivity index is -0.0000000770. The quantitative estimate of drug-likeness (QED) is 0.247. The fourth-order valence-electron chi connectivity index (χ4n) is 0.150. The van der Waals surface area contributed by atoms with E-state index >= 15 is 0 Å². The predicted molar refractivity (Wildman–Crippen MR) is 38.0 cm³/mol. The van der Waals surface area contributed by atoms with Gasteiger partial charge < -0.3 is 40.3 Å². The van der Waals surface area contributed by atoms with Crippen LogP contribution in [0.2, 0.25) is 0 Å². The summed E-state index contributed by atoms with van der Waals surface area (Å²) in [5, 5.41) is 25.0. The summed E-state index contributed by atoms with van der Waals surface area (Å²) in [4.78, 5) is 24.3. The van der Waals surface area contributed by atoms with Crippen LogP contribution < -0.4 is 74.6 Å². The third-order valence-corrected chi connectivity index (χ3v) is 0.945. The zero-order chi connectivity index (χ0) is 11.1. The summed E-state index contributed by atoms with van der Waals surface area (Å²) < 4.78 is 8.66. The van der Waals surface area contributed by atoms with E-state index in [1.165, 1.54) is 0 Å². The topological polar surface area (TPSA) is 170 Å². The van der Waals surface area contributed by atoms with Crippen molar-refractivity contribution in [1.82, 2.24) is 0 Å². The van der Waals surface area contributed by atoms with E-state index in [4.69, 9.17) is 40.3 Å². The minimum atomic E-state index is -5.14. The Morgan fingerprint density at radius 2 is 1.20 bits per heavy atom. The first-order valence-electron chi connectivity index (χ1n) is 3.05. The molecule has 82 valence electrons. The van der Waals surface area contributed by atoms with E-state index in [0.29, 0.717) is 0 Å². The van der Waals surface area contributed by atoms with Crippen molar-refractivity contribution >= 4 is 7.82 Å². The molecule has 0 aliphatic heterocycles. The molecule has 0 spiro atoms. The first-order valence-corrected chi connectivity index (χ1v) is 4.54. The Kier molecular flexibility index (Phi) is 21.3. The molecule has 0 fully saturated rings. The van der Waals surface area contributed by atoms with Gasteiger partial charge in [0.05, 0.1) is 33.2 Å². The zero-order valence-electron chi connectivity index (χ0n) is 8.66. The molecule has 0 aliphatic rings. The molecule has 0 aromatic rings. The number of rotatable bonds is 3. The molecular weight excluding hydrogens is 251 g/mol. The maximum atomic E-state index is 8.66. The van der Waals surface area contributed by atoms with Crippen molar-refractivity contribution in [3.8, 4) is 0 Å². The van der Waals surface area contributed by atoms with Gasteiger partial charge >= 0.3 is 59.1 Å². The number of nitrogens with two attached hydrogens (primary N) is 1. The van der Waals surface area contributed by atoms with E-state index in [2.05, 4.69) is 0 Å². The van der Waals surface area contributed by atoms with Gasteiger partial charge in [0.25, 0.3) is 0 Å². The van der Waals surface area contributed by atoms with E-state index in [1.807, 2.05) is 0 Å². The minimum absolute atomic E-state index is 0. The second-order valence-electron chi connectivity index (χ2n) is 2.31. The Morgan fingerprint density at radius 3 is 1.20 bits per heavy atom. The largest absolute Gasteiger partial charge is 1.00 e. The Bertz CT molecular complexity index is 156. The van der Waals surface area contributed by atoms with E-state index in [1.54, 1.807) is 0 Å². The first kappa shape index (κ1) is 25.7. The molecule has 15 heavy (non-hydrogen) atoms. The minimum Gasteiger partial charge on any atom is -0.790 e. The van der Waals surface area contributed by atoms with Crippen molar-refractivity contribution in [3.05, 3.63) is 0 Å². The van der Waals surface area contributed by atoms with Gasteiger partial charge in [0, 0.05) is 0 Å². The molecule has 0 heterocycles. The number of hydrogen-bond acceptors (Lipinski definition) is 7. The van der Waals surface area contributed by atoms with Crippen molar-refractivity contribution in [3.63, 3.8) is 0 Å². The average molecular weight is 263 g/mol. The van der Waals surface area contributed by atoms with Crippen molar-refractivity contribution in [2.45, 2.75) is 5.54 Å². The molecule has 0 aromatic carbocycles. The summed E-state index contributed by atoms with van der Waals surface area (Å²) >= 11 is 0. The standard InChI is InChI=1S/C4H11NO3.2Na.H3O4P/c5-4(1-6,2-7)3-8;;;1-5(2,3)4/h6-8H,1-3,5H2;;;(H3,1,2,3,4)/q;2*+1;/p-2. The fraction of sp³-hybridized carbons (Fsp3) is 1.00. The summed E-state index contributed by atoms with van der Waals surface area (Å²) in [6, 6.07) is 0. The van der Waals surface area contributed by atoms with Crippen LogP contribution in [0.25, 0.3) is 0 Å². The summed E-state index contributed by atoms with van der Waals surface area (Å²) in [6.45, 7) is -1.21. The predicted octanol–water partition coefficient (Wildman–Crippen LogP) is -10.5. The smallest absolute Gasteiger partial charge is 0.790 e. The molecule has 0 bridgehead atoms. The number of phosphoric acid groups is 1. The van der Waals surface area contributed by atoms with Crippen LogP contribution in [0.5, 0.6) is 0 Å². The van der Waals surface area contributed by atoms with Crippen molar-refractivity contribution < 1.29 is 93.7 Å². The molecule has 0 amide bonds. The van der Waals surface area contributed by atoms with Crippen LogP contribution in [0, 0.1) is 0 Å². The van der Waals surface area contributed by atoms with Gasteiger partial charge in [-0.05, 0) is 0 Å². The van der Waals surface area contributed by atoms with Crippen LogP contribution in [0.1, 0.15) is 0 Å². The normalized spacial score (nSPS) is 10.3. The second-order valence-corrected chi connectivity index (χ2v) is 3.24. The first-order chi connectivity index (χ1) is 5.68. The van der Waals surface area contributed by atoms with E-state index in [0.717, 1.165) is 0 Å². The molecule has 8 nitrogen and oxygen atoms in total. The summed E-state index contributed by atoms with van der Waals surface area (Å²) in [7, 11) is -5.14. The van der Waals surface area contributed by atoms with Crippen molar-refractivity contribution in [1.29, 1.82) is 0 Å². The molecule has 0 rings (SSSR count). The maximum absolute atomic E-state index is 8.66. The van der Waals surface area contributed by atoms with Gasteiger partial charge in [0.15, 0.2) is 0 Å². The number of hydrogen-bond donors (Lipinski definition) is 5. The maximum Gasteiger partial charge on any atom is 1.00 e. The molecule has 0 saturated heterocycles. The van der Waals surface area contributed by atoms with Gasteiger partial charge in [0.2, 0.25) is 0 Å². The van der Waals surface area contributed by atoms with Crippen molar-refractivity contribution in [2.75, 3.05) is 19.8 Å². The Morgan fingerprint density at radius 1 is 1.07 bits per heavy atom. The molecule has 11 heteroatoms. The van der Waals surface area contributed by atoms with Gasteiger partial charge in [-0.1, -0.05) is 0 Å². The number of aliphatic hydroxyl groups excluding tert-OH is 3. The van der Waals surface area contributed by atoms with E-state index in [-0.39, 0.29) is 59.1 Å².